The summed E-state index contributed by atoms with van der Waals surface area (Å²) in [7, 11) is -1.36. The highest BCUT2D eigenvalue weighted by molar-refractivity contribution is 7.85. The molecule has 4 aromatic rings. The van der Waals surface area contributed by atoms with Gasteiger partial charge in [-0.25, -0.2) is 4.98 Å². The number of hydrogen-bond acceptors (Lipinski definition) is 7. The van der Waals surface area contributed by atoms with Crippen molar-refractivity contribution in [2.45, 2.75) is 11.8 Å². The summed E-state index contributed by atoms with van der Waals surface area (Å²) in [4.78, 5) is 16.6. The van der Waals surface area contributed by atoms with Crippen molar-refractivity contribution in [3.8, 4) is 27.6 Å². The second-order valence-electron chi connectivity index (χ2n) is 6.91. The zero-order valence-electron chi connectivity index (χ0n) is 17.3. The molecule has 2 heterocycles. The summed E-state index contributed by atoms with van der Waals surface area (Å²) in [6.45, 7) is 1.56. The number of methoxy groups -OCH3 is 2. The number of thiophene rings is 1. The monoisotopic (exact) mass is 473 g/mol. The van der Waals surface area contributed by atoms with Gasteiger partial charge in [0, 0.05) is 17.7 Å². The minimum Gasteiger partial charge on any atom is -0.493 e. The van der Waals surface area contributed by atoms with Gasteiger partial charge in [-0.3, -0.25) is 13.9 Å². The fourth-order valence-electron chi connectivity index (χ4n) is 3.58. The second-order valence-corrected chi connectivity index (χ2v) is 9.33. The van der Waals surface area contributed by atoms with E-state index in [9.17, 15) is 17.8 Å². The summed E-state index contributed by atoms with van der Waals surface area (Å²) in [6.07, 6.45) is 1.60. The molecule has 0 aliphatic heterocycles. The third-order valence-corrected chi connectivity index (χ3v) is 7.23. The lowest BCUT2D eigenvalue weighted by molar-refractivity contribution is 0.100. The lowest BCUT2D eigenvalue weighted by Crippen LogP contribution is -2.10. The van der Waals surface area contributed by atoms with Crippen molar-refractivity contribution >= 4 is 38.4 Å². The van der Waals surface area contributed by atoms with E-state index in [1.165, 1.54) is 26.4 Å². The topological polar surface area (TPSA) is 134 Å². The van der Waals surface area contributed by atoms with Crippen LogP contribution in [-0.2, 0) is 10.1 Å². The lowest BCUT2D eigenvalue weighted by Gasteiger charge is -2.09. The largest absolute Gasteiger partial charge is 0.493 e. The third-order valence-electron chi connectivity index (χ3n) is 5.09. The number of carbonyl (C=O) groups is 1. The zero-order chi connectivity index (χ0) is 23.2. The minimum atomic E-state index is -4.43. The Hall–Kier alpha value is -3.41. The molecule has 2 aromatic heterocycles. The number of nitrogens with zero attached hydrogens (tertiary/aromatic N) is 2. The minimum absolute atomic E-state index is 0.233. The van der Waals surface area contributed by atoms with Gasteiger partial charge in [-0.2, -0.15) is 8.42 Å². The SMILES string of the molecule is COc1cc2ncn(-c3cc(-c4cccc(S(=O)(=O)O)c4C)c(C(N)=O)s3)c2cc1OC. The molecule has 0 aliphatic carbocycles. The third kappa shape index (κ3) is 3.60. The Morgan fingerprint density at radius 1 is 1.12 bits per heavy atom. The maximum absolute atomic E-state index is 12.2. The predicted octanol–water partition coefficient (Wildman–Crippen LogP) is 3.43. The van der Waals surface area contributed by atoms with Crippen molar-refractivity contribution in [3.63, 3.8) is 0 Å². The van der Waals surface area contributed by atoms with Crippen molar-refractivity contribution < 1.29 is 27.2 Å². The number of imidazole rings is 1. The van der Waals surface area contributed by atoms with Crippen LogP contribution < -0.4 is 15.2 Å². The van der Waals surface area contributed by atoms with Crippen LogP contribution >= 0.6 is 11.3 Å². The Labute approximate surface area is 187 Å². The normalized spacial score (nSPS) is 11.6. The van der Waals surface area contributed by atoms with E-state index in [2.05, 4.69) is 4.98 Å². The number of benzene rings is 2. The highest BCUT2D eigenvalue weighted by Crippen LogP contribution is 2.39. The van der Waals surface area contributed by atoms with Gasteiger partial charge >= 0.3 is 0 Å². The maximum atomic E-state index is 12.2. The molecule has 0 saturated carbocycles. The van der Waals surface area contributed by atoms with Crippen LogP contribution in [-0.4, -0.2) is 42.6 Å². The first-order valence-corrected chi connectivity index (χ1v) is 11.5. The highest BCUT2D eigenvalue weighted by Gasteiger charge is 2.22. The van der Waals surface area contributed by atoms with Crippen LogP contribution in [0.15, 0.2) is 47.6 Å². The number of amides is 1. The Bertz CT molecular complexity index is 1470. The summed E-state index contributed by atoms with van der Waals surface area (Å²) in [5.74, 6) is 0.398. The van der Waals surface area contributed by atoms with Crippen molar-refractivity contribution in [1.82, 2.24) is 9.55 Å². The molecule has 0 saturated heterocycles. The van der Waals surface area contributed by atoms with Gasteiger partial charge in [0.25, 0.3) is 16.0 Å². The van der Waals surface area contributed by atoms with E-state index in [1.54, 1.807) is 42.1 Å². The Balaban J connectivity index is 1.94. The second kappa shape index (κ2) is 7.93. The molecule has 32 heavy (non-hydrogen) atoms. The first kappa shape index (κ1) is 21.8. The van der Waals surface area contributed by atoms with Crippen LogP contribution in [0.5, 0.6) is 11.5 Å². The molecule has 11 heteroatoms. The van der Waals surface area contributed by atoms with Gasteiger partial charge in [-0.15, -0.1) is 11.3 Å². The zero-order valence-corrected chi connectivity index (χ0v) is 19.0. The van der Waals surface area contributed by atoms with Crippen LogP contribution in [0, 0.1) is 6.92 Å². The number of carbonyl (C=O) groups excluding carboxylic acids is 1. The summed E-state index contributed by atoms with van der Waals surface area (Å²) in [5, 5.41) is 0.639. The molecule has 0 fully saturated rings. The quantitative estimate of drug-likeness (QED) is 0.410. The summed E-state index contributed by atoms with van der Waals surface area (Å²) in [5.41, 5.74) is 8.25. The van der Waals surface area contributed by atoms with Gasteiger partial charge in [-0.1, -0.05) is 12.1 Å². The Morgan fingerprint density at radius 2 is 1.81 bits per heavy atom. The van der Waals surface area contributed by atoms with E-state index < -0.39 is 16.0 Å². The molecule has 0 bridgehead atoms. The molecule has 1 amide bonds. The van der Waals surface area contributed by atoms with Gasteiger partial charge < -0.3 is 15.2 Å². The average Bonchev–Trinajstić information content (AvgIpc) is 3.35. The Morgan fingerprint density at radius 3 is 2.44 bits per heavy atom. The van der Waals surface area contributed by atoms with Gasteiger partial charge in [0.05, 0.1) is 30.1 Å². The molecular weight excluding hydrogens is 454 g/mol. The van der Waals surface area contributed by atoms with E-state index in [4.69, 9.17) is 15.2 Å². The van der Waals surface area contributed by atoms with Gasteiger partial charge in [0.15, 0.2) is 11.5 Å². The maximum Gasteiger partial charge on any atom is 0.294 e. The van der Waals surface area contributed by atoms with Crippen molar-refractivity contribution in [3.05, 3.63) is 53.2 Å². The van der Waals surface area contributed by atoms with Crippen molar-refractivity contribution in [2.24, 2.45) is 5.73 Å². The summed E-state index contributed by atoms with van der Waals surface area (Å²) < 4.78 is 45.5. The number of rotatable bonds is 6. The summed E-state index contributed by atoms with van der Waals surface area (Å²) >= 11 is 1.14. The number of aromatic nitrogens is 2. The fourth-order valence-corrected chi connectivity index (χ4v) is 5.33. The predicted molar refractivity (Wildman–Crippen MR) is 121 cm³/mol. The lowest BCUT2D eigenvalue weighted by atomic mass is 10.0. The summed E-state index contributed by atoms with van der Waals surface area (Å²) in [6, 6.07) is 9.72. The van der Waals surface area contributed by atoms with Gasteiger partial charge in [0.2, 0.25) is 0 Å². The molecule has 2 aromatic carbocycles. The van der Waals surface area contributed by atoms with Crippen LogP contribution in [0.3, 0.4) is 0 Å². The molecule has 9 nitrogen and oxygen atoms in total. The van der Waals surface area contributed by atoms with E-state index in [0.717, 1.165) is 16.9 Å². The van der Waals surface area contributed by atoms with Crippen molar-refractivity contribution in [2.75, 3.05) is 14.2 Å². The molecular formula is C21H19N3O6S2. The average molecular weight is 474 g/mol. The number of primary amides is 1. The van der Waals surface area contributed by atoms with Gasteiger partial charge in [0.1, 0.15) is 16.2 Å². The van der Waals surface area contributed by atoms with Gasteiger partial charge in [-0.05, 0) is 30.2 Å². The molecule has 0 atom stereocenters. The van der Waals surface area contributed by atoms with Crippen LogP contribution in [0.4, 0.5) is 0 Å². The van der Waals surface area contributed by atoms with Crippen LogP contribution in [0.2, 0.25) is 0 Å². The van der Waals surface area contributed by atoms with E-state index in [-0.39, 0.29) is 9.77 Å². The first-order chi connectivity index (χ1) is 15.2. The molecule has 3 N–H and O–H groups in total. The Kier molecular flexibility index (Phi) is 5.41. The van der Waals surface area contributed by atoms with E-state index >= 15 is 0 Å². The number of ether oxygens (including phenoxy) is 2. The van der Waals surface area contributed by atoms with E-state index in [0.29, 0.717) is 38.7 Å². The number of nitrogens with two attached hydrogens (primary N) is 1. The molecule has 0 spiro atoms. The number of hydrogen-bond donors (Lipinski definition) is 2. The molecule has 0 aliphatic rings. The van der Waals surface area contributed by atoms with E-state index in [1.807, 2.05) is 0 Å². The van der Waals surface area contributed by atoms with Crippen LogP contribution in [0.1, 0.15) is 15.2 Å². The number of fused-ring (bicyclic) bond motifs is 1. The molecule has 0 radical (unpaired) electrons. The molecule has 166 valence electrons. The molecule has 4 rings (SSSR count). The molecule has 0 unspecified atom stereocenters. The standard InChI is InChI=1S/C21H19N3O6S2/c1-11-12(5-4-6-18(11)32(26,27)28)13-7-19(31-20(13)21(22)25)24-10-23-14-8-16(29-2)17(30-3)9-15(14)24/h4-10H,1-3H3,(H2,22,25)(H,26,27,28). The van der Waals surface area contributed by atoms with Crippen molar-refractivity contribution in [1.29, 1.82) is 0 Å². The smallest absolute Gasteiger partial charge is 0.294 e. The fraction of sp³-hybridized carbons (Fsp3) is 0.143. The first-order valence-electron chi connectivity index (χ1n) is 9.26. The highest BCUT2D eigenvalue weighted by atomic mass is 32.2. The van der Waals surface area contributed by atoms with Crippen LogP contribution in [0.25, 0.3) is 27.2 Å².